The van der Waals surface area contributed by atoms with Gasteiger partial charge in [0.05, 0.1) is 12.2 Å². The predicted molar refractivity (Wildman–Crippen MR) is 93.6 cm³/mol. The van der Waals surface area contributed by atoms with Crippen LogP contribution in [0.15, 0.2) is 24.4 Å². The molecule has 3 aromatic heterocycles. The lowest BCUT2D eigenvalue weighted by molar-refractivity contribution is 0.0776. The molecule has 0 saturated heterocycles. The lowest BCUT2D eigenvalue weighted by Crippen LogP contribution is -2.27. The molecule has 7 nitrogen and oxygen atoms in total. The third-order valence-electron chi connectivity index (χ3n) is 4.68. The Morgan fingerprint density at radius 2 is 2.11 bits per heavy atom. The summed E-state index contributed by atoms with van der Waals surface area (Å²) in [6.45, 7) is 3.03. The van der Waals surface area contributed by atoms with Gasteiger partial charge in [-0.2, -0.15) is 10.2 Å². The zero-order chi connectivity index (χ0) is 19.1. The summed E-state index contributed by atoms with van der Waals surface area (Å²) in [6.07, 6.45) is 1.07. The van der Waals surface area contributed by atoms with Gasteiger partial charge in [-0.15, -0.1) is 0 Å². The smallest absolute Gasteiger partial charge is 0.280 e. The van der Waals surface area contributed by atoms with Crippen LogP contribution in [0.3, 0.4) is 0 Å². The van der Waals surface area contributed by atoms with E-state index in [-0.39, 0.29) is 28.9 Å². The summed E-state index contributed by atoms with van der Waals surface area (Å²) >= 11 is 0. The van der Waals surface area contributed by atoms with Crippen molar-refractivity contribution < 1.29 is 13.6 Å². The Morgan fingerprint density at radius 3 is 2.74 bits per heavy atom. The van der Waals surface area contributed by atoms with Crippen molar-refractivity contribution in [2.24, 2.45) is 0 Å². The first kappa shape index (κ1) is 17.6. The molecule has 27 heavy (non-hydrogen) atoms. The van der Waals surface area contributed by atoms with Gasteiger partial charge in [0.25, 0.3) is 12.3 Å². The molecule has 0 bridgehead atoms. The molecule has 0 unspecified atom stereocenters. The number of aromatic nitrogens is 5. The van der Waals surface area contributed by atoms with E-state index in [1.54, 1.807) is 11.7 Å². The minimum atomic E-state index is -2.69. The van der Waals surface area contributed by atoms with Crippen LogP contribution >= 0.6 is 0 Å². The largest absolute Gasteiger partial charge is 0.334 e. The second kappa shape index (κ2) is 6.71. The van der Waals surface area contributed by atoms with Crippen molar-refractivity contribution in [3.63, 3.8) is 0 Å². The molecule has 1 saturated carbocycles. The van der Waals surface area contributed by atoms with Crippen LogP contribution in [0.5, 0.6) is 0 Å². The summed E-state index contributed by atoms with van der Waals surface area (Å²) in [5.41, 5.74) is 1.54. The van der Waals surface area contributed by atoms with E-state index in [1.165, 1.54) is 17.0 Å². The van der Waals surface area contributed by atoms with E-state index in [2.05, 4.69) is 15.2 Å². The number of hydrogen-bond donors (Lipinski definition) is 0. The van der Waals surface area contributed by atoms with Crippen LogP contribution in [0.4, 0.5) is 8.78 Å². The second-order valence-corrected chi connectivity index (χ2v) is 6.80. The molecular formula is C18H20F2N6O. The van der Waals surface area contributed by atoms with Crippen LogP contribution in [0.25, 0.3) is 5.65 Å². The predicted octanol–water partition coefficient (Wildman–Crippen LogP) is 3.03. The average molecular weight is 374 g/mol. The highest BCUT2D eigenvalue weighted by Gasteiger charge is 2.28. The lowest BCUT2D eigenvalue weighted by Gasteiger charge is -2.14. The zero-order valence-electron chi connectivity index (χ0n) is 15.1. The molecule has 1 aliphatic rings. The fourth-order valence-corrected chi connectivity index (χ4v) is 3.04. The normalized spacial score (nSPS) is 14.3. The summed E-state index contributed by atoms with van der Waals surface area (Å²) in [5.74, 6) is -0.127. The molecular weight excluding hydrogens is 354 g/mol. The van der Waals surface area contributed by atoms with Crippen LogP contribution in [0, 0.1) is 0 Å². The van der Waals surface area contributed by atoms with Gasteiger partial charge in [0.1, 0.15) is 5.69 Å². The van der Waals surface area contributed by atoms with Gasteiger partial charge in [-0.05, 0) is 31.9 Å². The number of hydrogen-bond acceptors (Lipinski definition) is 4. The maximum Gasteiger partial charge on any atom is 0.280 e. The molecule has 0 atom stereocenters. The quantitative estimate of drug-likeness (QED) is 0.665. The van der Waals surface area contributed by atoms with E-state index in [0.717, 1.165) is 29.6 Å². The Bertz CT molecular complexity index is 991. The van der Waals surface area contributed by atoms with E-state index in [4.69, 9.17) is 0 Å². The Morgan fingerprint density at radius 1 is 1.33 bits per heavy atom. The highest BCUT2D eigenvalue weighted by atomic mass is 19.3. The number of alkyl halides is 2. The van der Waals surface area contributed by atoms with E-state index >= 15 is 0 Å². The van der Waals surface area contributed by atoms with E-state index in [9.17, 15) is 13.6 Å². The average Bonchev–Trinajstić information content (AvgIpc) is 3.25. The van der Waals surface area contributed by atoms with Crippen LogP contribution in [0.2, 0.25) is 0 Å². The molecule has 0 aromatic carbocycles. The van der Waals surface area contributed by atoms with Crippen molar-refractivity contribution in [3.05, 3.63) is 47.2 Å². The van der Waals surface area contributed by atoms with Gasteiger partial charge in [-0.25, -0.2) is 18.3 Å². The molecule has 0 radical (unpaired) electrons. The maximum absolute atomic E-state index is 13.5. The number of halogens is 2. The fraction of sp³-hybridized carbons (Fsp3) is 0.444. The van der Waals surface area contributed by atoms with Crippen molar-refractivity contribution in [3.8, 4) is 0 Å². The van der Waals surface area contributed by atoms with Crippen molar-refractivity contribution in [1.29, 1.82) is 0 Å². The van der Waals surface area contributed by atoms with Gasteiger partial charge < -0.3 is 4.90 Å². The molecule has 1 amide bonds. The third kappa shape index (κ3) is 3.41. The van der Waals surface area contributed by atoms with E-state index in [1.807, 2.05) is 19.2 Å². The van der Waals surface area contributed by atoms with Crippen LogP contribution in [0.1, 0.15) is 59.7 Å². The Kier molecular flexibility index (Phi) is 4.37. The number of fused-ring (bicyclic) bond motifs is 1. The highest BCUT2D eigenvalue weighted by molar-refractivity contribution is 5.93. The van der Waals surface area contributed by atoms with Crippen LogP contribution in [-0.2, 0) is 13.1 Å². The van der Waals surface area contributed by atoms with E-state index < -0.39 is 6.43 Å². The summed E-state index contributed by atoms with van der Waals surface area (Å²) in [6, 6.07) is 4.72. The summed E-state index contributed by atoms with van der Waals surface area (Å²) in [7, 11) is 1.63. The van der Waals surface area contributed by atoms with Crippen molar-refractivity contribution in [2.45, 2.75) is 45.2 Å². The van der Waals surface area contributed by atoms with Crippen LogP contribution < -0.4 is 0 Å². The lowest BCUT2D eigenvalue weighted by atomic mass is 10.2. The third-order valence-corrected chi connectivity index (χ3v) is 4.68. The van der Waals surface area contributed by atoms with Gasteiger partial charge in [0.15, 0.2) is 11.3 Å². The molecule has 0 N–H and O–H groups in total. The number of amides is 1. The SMILES string of the molecule is CCn1ccc(CN(C)C(=O)c2cc3nc(C4CC4)cc(C(F)F)n3n2)n1. The molecule has 0 spiro atoms. The van der Waals surface area contributed by atoms with Gasteiger partial charge in [0.2, 0.25) is 0 Å². The number of nitrogens with zero attached hydrogens (tertiary/aromatic N) is 6. The number of carbonyl (C=O) groups excluding carboxylic acids is 1. The summed E-state index contributed by atoms with van der Waals surface area (Å²) < 4.78 is 29.8. The van der Waals surface area contributed by atoms with Gasteiger partial charge >= 0.3 is 0 Å². The molecule has 0 aliphatic heterocycles. The molecule has 3 aromatic rings. The molecule has 142 valence electrons. The summed E-state index contributed by atoms with van der Waals surface area (Å²) in [5, 5.41) is 8.44. The molecule has 9 heteroatoms. The Hall–Kier alpha value is -2.84. The second-order valence-electron chi connectivity index (χ2n) is 6.80. The Balaban J connectivity index is 1.62. The zero-order valence-corrected chi connectivity index (χ0v) is 15.1. The summed E-state index contributed by atoms with van der Waals surface area (Å²) in [4.78, 5) is 18.6. The van der Waals surface area contributed by atoms with Crippen LogP contribution in [-0.4, -0.2) is 42.2 Å². The van der Waals surface area contributed by atoms with Crippen molar-refractivity contribution >= 4 is 11.6 Å². The van der Waals surface area contributed by atoms with Crippen molar-refractivity contribution in [2.75, 3.05) is 7.05 Å². The first-order valence-corrected chi connectivity index (χ1v) is 8.92. The number of rotatable bonds is 6. The van der Waals surface area contributed by atoms with E-state index in [0.29, 0.717) is 12.2 Å². The Labute approximate surface area is 154 Å². The first-order chi connectivity index (χ1) is 13.0. The fourth-order valence-electron chi connectivity index (χ4n) is 3.04. The van der Waals surface area contributed by atoms with Gasteiger partial charge in [-0.3, -0.25) is 9.48 Å². The van der Waals surface area contributed by atoms with Gasteiger partial charge in [-0.1, -0.05) is 0 Å². The molecule has 1 fully saturated rings. The standard InChI is InChI=1S/C18H20F2N6O/c1-3-25-7-6-12(22-25)10-24(2)18(27)14-9-16-21-13(11-4-5-11)8-15(17(19)20)26(16)23-14/h6-9,11,17H,3-5,10H2,1-2H3. The first-order valence-electron chi connectivity index (χ1n) is 8.92. The minimum Gasteiger partial charge on any atom is -0.334 e. The molecule has 3 heterocycles. The number of aryl methyl sites for hydroxylation is 1. The molecule has 1 aliphatic carbocycles. The highest BCUT2D eigenvalue weighted by Crippen LogP contribution is 2.40. The monoisotopic (exact) mass is 374 g/mol. The minimum absolute atomic E-state index is 0.0924. The number of carbonyl (C=O) groups is 1. The van der Waals surface area contributed by atoms with Gasteiger partial charge in [0, 0.05) is 37.5 Å². The topological polar surface area (TPSA) is 68.3 Å². The van der Waals surface area contributed by atoms with Crippen molar-refractivity contribution in [1.82, 2.24) is 29.3 Å². The molecule has 4 rings (SSSR count). The maximum atomic E-state index is 13.5.